The average Bonchev–Trinajstić information content (AvgIpc) is 3.69. The number of carbonyl (C=O) groups excluding carboxylic acids is 2. The number of nitrogens with zero attached hydrogens (tertiary/aromatic N) is 4. The fourth-order valence-corrected chi connectivity index (χ4v) is 6.62. The number of rotatable bonds is 7. The average molecular weight is 566 g/mol. The summed E-state index contributed by atoms with van der Waals surface area (Å²) >= 11 is 0. The normalized spacial score (nSPS) is 18.3. The highest BCUT2D eigenvalue weighted by Gasteiger charge is 2.38. The molecule has 0 aliphatic carbocycles. The van der Waals surface area contributed by atoms with Gasteiger partial charge in [-0.05, 0) is 101 Å². The number of amides is 2. The Morgan fingerprint density at radius 1 is 0.976 bits per heavy atom. The van der Waals surface area contributed by atoms with Crippen molar-refractivity contribution in [2.24, 2.45) is 0 Å². The van der Waals surface area contributed by atoms with E-state index in [9.17, 15) is 9.59 Å². The minimum atomic E-state index is -0.822. The lowest BCUT2D eigenvalue weighted by atomic mass is 10.0. The van der Waals surface area contributed by atoms with Crippen LogP contribution in [0.5, 0.6) is 5.75 Å². The molecule has 2 amide bonds. The van der Waals surface area contributed by atoms with Crippen LogP contribution >= 0.6 is 0 Å². The van der Waals surface area contributed by atoms with Crippen LogP contribution in [-0.4, -0.2) is 59.1 Å². The molecule has 2 aromatic heterocycles. The number of benzene rings is 2. The Hall–Kier alpha value is -4.30. The number of nitrogens with one attached hydrogen (secondary N) is 1. The van der Waals surface area contributed by atoms with E-state index in [0.29, 0.717) is 30.4 Å². The van der Waals surface area contributed by atoms with Crippen LogP contribution in [0.3, 0.4) is 0 Å². The van der Waals surface area contributed by atoms with Gasteiger partial charge in [0.1, 0.15) is 5.75 Å². The molecule has 0 spiro atoms. The summed E-state index contributed by atoms with van der Waals surface area (Å²) in [6.07, 6.45) is 5.21. The molecule has 4 aromatic rings. The van der Waals surface area contributed by atoms with Gasteiger partial charge in [-0.15, -0.1) is 0 Å². The quantitative estimate of drug-likeness (QED) is 0.332. The van der Waals surface area contributed by atoms with E-state index in [2.05, 4.69) is 38.5 Å². The number of ether oxygens (including phenoxy) is 1. The molecule has 218 valence electrons. The first-order chi connectivity index (χ1) is 20.4. The van der Waals surface area contributed by atoms with E-state index in [-0.39, 0.29) is 11.8 Å². The second-order valence-electron chi connectivity index (χ2n) is 11.5. The summed E-state index contributed by atoms with van der Waals surface area (Å²) in [6.45, 7) is 6.32. The Bertz CT molecular complexity index is 1600. The van der Waals surface area contributed by atoms with Crippen LogP contribution in [0.1, 0.15) is 58.3 Å². The van der Waals surface area contributed by atoms with Crippen molar-refractivity contribution in [1.29, 1.82) is 0 Å². The maximum absolute atomic E-state index is 14.6. The van der Waals surface area contributed by atoms with Crippen LogP contribution in [0, 0.1) is 13.8 Å². The molecule has 0 radical (unpaired) electrons. The van der Waals surface area contributed by atoms with Crippen LogP contribution in [-0.2, 0) is 11.3 Å². The first kappa shape index (κ1) is 27.8. The molecule has 2 atom stereocenters. The molecule has 2 aliphatic heterocycles. The van der Waals surface area contributed by atoms with Gasteiger partial charge in [0.15, 0.2) is 6.04 Å². The van der Waals surface area contributed by atoms with Crippen LogP contribution in [0.4, 0.5) is 5.69 Å². The number of hydrogen-bond acceptors (Lipinski definition) is 4. The monoisotopic (exact) mass is 565 g/mol. The van der Waals surface area contributed by atoms with E-state index in [1.807, 2.05) is 68.6 Å². The van der Waals surface area contributed by atoms with E-state index < -0.39 is 6.04 Å². The molecule has 4 heterocycles. The predicted octanol–water partition coefficient (Wildman–Crippen LogP) is 5.25. The van der Waals surface area contributed by atoms with Gasteiger partial charge in [-0.2, -0.15) is 0 Å². The third-order valence-electron chi connectivity index (χ3n) is 8.85. The third-order valence-corrected chi connectivity index (χ3v) is 8.85. The van der Waals surface area contributed by atoms with Crippen LogP contribution in [0.15, 0.2) is 72.9 Å². The minimum Gasteiger partial charge on any atom is -0.495 e. The molecule has 1 N–H and O–H groups in total. The highest BCUT2D eigenvalue weighted by atomic mass is 16.5. The number of hydrogen-bond donors (Lipinski definition) is 1. The number of likely N-dealkylation sites (tertiary alicyclic amines) is 1. The Morgan fingerprint density at radius 2 is 1.76 bits per heavy atom. The van der Waals surface area contributed by atoms with E-state index in [4.69, 9.17) is 4.74 Å². The molecule has 42 heavy (non-hydrogen) atoms. The zero-order valence-electron chi connectivity index (χ0n) is 24.8. The van der Waals surface area contributed by atoms with Gasteiger partial charge < -0.3 is 24.1 Å². The summed E-state index contributed by atoms with van der Waals surface area (Å²) in [5.41, 5.74) is 5.98. The minimum absolute atomic E-state index is 0.178. The molecule has 8 heteroatoms. The smallest absolute Gasteiger partial charge is 0.259 e. The number of para-hydroxylation sites is 1. The summed E-state index contributed by atoms with van der Waals surface area (Å²) in [5.74, 6) is 0.165. The molecule has 1 fully saturated rings. The Labute approximate surface area is 247 Å². The summed E-state index contributed by atoms with van der Waals surface area (Å²) < 4.78 is 9.98. The summed E-state index contributed by atoms with van der Waals surface area (Å²) in [6, 6.07) is 21.1. The number of aryl methyl sites for hydroxylation is 2. The van der Waals surface area contributed by atoms with E-state index >= 15 is 0 Å². The lowest BCUT2D eigenvalue weighted by Gasteiger charge is -2.31. The zero-order valence-corrected chi connectivity index (χ0v) is 24.8. The molecule has 2 unspecified atom stereocenters. The highest BCUT2D eigenvalue weighted by molar-refractivity contribution is 6.11. The van der Waals surface area contributed by atoms with Gasteiger partial charge in [-0.25, -0.2) is 0 Å². The number of aromatic nitrogens is 2. The standard InChI is InChI=1S/C34H39N5O3/c1-23-13-14-24(2)38(23)29-16-15-25(21-31(29)42-4)34(41)39-28-11-6-5-9-26(28)22-37-20-8-12-30(37)32(39)33(40)35-18-17-27-10-7-19-36(27)3/h5-6,8-9,11-16,20-21,27,32H,7,10,17-19,22H2,1-4H3,(H,35,40). The maximum Gasteiger partial charge on any atom is 0.259 e. The fourth-order valence-electron chi connectivity index (χ4n) is 6.62. The Morgan fingerprint density at radius 3 is 2.50 bits per heavy atom. The zero-order chi connectivity index (χ0) is 29.4. The molecule has 6 rings (SSSR count). The number of fused-ring (bicyclic) bond motifs is 2. The molecule has 2 aliphatic rings. The molecule has 1 saturated heterocycles. The molecule has 8 nitrogen and oxygen atoms in total. The van der Waals surface area contributed by atoms with Crippen molar-refractivity contribution in [3.8, 4) is 11.4 Å². The molecule has 0 saturated carbocycles. The molecular formula is C34H39N5O3. The highest BCUT2D eigenvalue weighted by Crippen LogP contribution is 2.37. The summed E-state index contributed by atoms with van der Waals surface area (Å²) in [4.78, 5) is 32.7. The van der Waals surface area contributed by atoms with E-state index in [0.717, 1.165) is 53.4 Å². The van der Waals surface area contributed by atoms with Crippen molar-refractivity contribution in [2.75, 3.05) is 32.1 Å². The Kier molecular flexibility index (Phi) is 7.64. The van der Waals surface area contributed by atoms with Crippen molar-refractivity contribution < 1.29 is 14.3 Å². The fraction of sp³-hybridized carbons (Fsp3) is 0.353. The largest absolute Gasteiger partial charge is 0.495 e. The van der Waals surface area contributed by atoms with Gasteiger partial charge in [0.25, 0.3) is 5.91 Å². The van der Waals surface area contributed by atoms with Gasteiger partial charge in [0.2, 0.25) is 5.91 Å². The van der Waals surface area contributed by atoms with Gasteiger partial charge in [0.05, 0.1) is 24.2 Å². The third kappa shape index (κ3) is 5.00. The first-order valence-electron chi connectivity index (χ1n) is 14.7. The molecule has 2 aromatic carbocycles. The van der Waals surface area contributed by atoms with Crippen molar-refractivity contribution in [3.63, 3.8) is 0 Å². The van der Waals surface area contributed by atoms with Gasteiger partial charge in [0, 0.05) is 42.3 Å². The van der Waals surface area contributed by atoms with Crippen LogP contribution in [0.2, 0.25) is 0 Å². The first-order valence-corrected chi connectivity index (χ1v) is 14.7. The second kappa shape index (κ2) is 11.5. The Balaban J connectivity index is 1.38. The van der Waals surface area contributed by atoms with Crippen molar-refractivity contribution >= 4 is 17.5 Å². The van der Waals surface area contributed by atoms with Crippen LogP contribution in [0.25, 0.3) is 5.69 Å². The SMILES string of the molecule is COc1cc(C(=O)N2c3ccccc3Cn3cccc3C2C(=O)NCCC2CCCN2C)ccc1-n1c(C)ccc1C. The lowest BCUT2D eigenvalue weighted by molar-refractivity contribution is -0.122. The number of carbonyl (C=O) groups is 2. The van der Waals surface area contributed by atoms with Gasteiger partial charge >= 0.3 is 0 Å². The summed E-state index contributed by atoms with van der Waals surface area (Å²) in [5, 5.41) is 3.19. The predicted molar refractivity (Wildman–Crippen MR) is 165 cm³/mol. The van der Waals surface area contributed by atoms with E-state index in [1.165, 1.54) is 6.42 Å². The van der Waals surface area contributed by atoms with Gasteiger partial charge in [-0.1, -0.05) is 18.2 Å². The number of anilines is 1. The second-order valence-corrected chi connectivity index (χ2v) is 11.5. The summed E-state index contributed by atoms with van der Waals surface area (Å²) in [7, 11) is 3.76. The topological polar surface area (TPSA) is 71.7 Å². The molecular weight excluding hydrogens is 526 g/mol. The lowest BCUT2D eigenvalue weighted by Crippen LogP contribution is -2.45. The van der Waals surface area contributed by atoms with Crippen molar-refractivity contribution in [1.82, 2.24) is 19.4 Å². The maximum atomic E-state index is 14.6. The molecule has 0 bridgehead atoms. The van der Waals surface area contributed by atoms with Gasteiger partial charge in [-0.3, -0.25) is 14.5 Å². The van der Waals surface area contributed by atoms with Crippen LogP contribution < -0.4 is 15.0 Å². The number of methoxy groups -OCH3 is 1. The van der Waals surface area contributed by atoms with E-state index in [1.54, 1.807) is 18.1 Å². The van der Waals surface area contributed by atoms with Crippen molar-refractivity contribution in [2.45, 2.75) is 51.7 Å². The van der Waals surface area contributed by atoms with Crippen molar-refractivity contribution in [3.05, 3.63) is 101 Å².